The topological polar surface area (TPSA) is 48.6 Å². The van der Waals surface area contributed by atoms with E-state index in [1.807, 2.05) is 37.3 Å². The van der Waals surface area contributed by atoms with E-state index in [1.165, 1.54) is 10.7 Å². The first-order valence-electron chi connectivity index (χ1n) is 10.6. The van der Waals surface area contributed by atoms with Crippen molar-refractivity contribution in [2.75, 3.05) is 6.61 Å². The summed E-state index contributed by atoms with van der Waals surface area (Å²) in [6, 6.07) is 12.6. The predicted octanol–water partition coefficient (Wildman–Crippen LogP) is 6.16. The standard InChI is InChI=1S/C24H22Cl2FN3O2/c1-24(13-20(29-32-24)15-7-3-2-4-8-15)14-31-22-12-21(18(27)11-17(22)25)30-23(26)16-9-5-6-10-19(16)28-30/h2-4,7-8,11-12H,5-6,9-10,13-14H2,1H3. The fourth-order valence-corrected chi connectivity index (χ4v) is 4.68. The Bertz CT molecular complexity index is 1200. The van der Waals surface area contributed by atoms with Crippen molar-refractivity contribution in [1.82, 2.24) is 9.78 Å². The molecule has 0 saturated heterocycles. The first-order chi connectivity index (χ1) is 15.4. The largest absolute Gasteiger partial charge is 0.488 e. The second kappa shape index (κ2) is 8.41. The van der Waals surface area contributed by atoms with Crippen molar-refractivity contribution in [3.05, 3.63) is 75.3 Å². The minimum Gasteiger partial charge on any atom is -0.488 e. The van der Waals surface area contributed by atoms with Gasteiger partial charge in [0.05, 0.1) is 16.4 Å². The van der Waals surface area contributed by atoms with Gasteiger partial charge in [-0.2, -0.15) is 5.10 Å². The molecular weight excluding hydrogens is 452 g/mol. The third-order valence-corrected chi connectivity index (χ3v) is 6.57. The number of oxime groups is 1. The normalized spacial score (nSPS) is 19.9. The van der Waals surface area contributed by atoms with Crippen molar-refractivity contribution in [3.63, 3.8) is 0 Å². The van der Waals surface area contributed by atoms with Crippen LogP contribution in [0, 0.1) is 5.82 Å². The number of rotatable bonds is 5. The number of ether oxygens (including phenoxy) is 1. The van der Waals surface area contributed by atoms with E-state index in [0.29, 0.717) is 17.3 Å². The van der Waals surface area contributed by atoms with Crippen LogP contribution in [0.4, 0.5) is 4.39 Å². The summed E-state index contributed by atoms with van der Waals surface area (Å²) >= 11 is 12.8. The monoisotopic (exact) mass is 473 g/mol. The van der Waals surface area contributed by atoms with Gasteiger partial charge in [-0.25, -0.2) is 9.07 Å². The van der Waals surface area contributed by atoms with Crippen LogP contribution >= 0.6 is 23.2 Å². The molecule has 0 spiro atoms. The van der Waals surface area contributed by atoms with E-state index in [0.717, 1.165) is 48.2 Å². The second-order valence-corrected chi connectivity index (χ2v) is 9.24. The number of aromatic nitrogens is 2. The second-order valence-electron chi connectivity index (χ2n) is 8.48. The average molecular weight is 474 g/mol. The third kappa shape index (κ3) is 3.97. The predicted molar refractivity (Wildman–Crippen MR) is 123 cm³/mol. The quantitative estimate of drug-likeness (QED) is 0.445. The van der Waals surface area contributed by atoms with Gasteiger partial charge in [0.1, 0.15) is 23.2 Å². The lowest BCUT2D eigenvalue weighted by molar-refractivity contribution is -0.0356. The Balaban J connectivity index is 1.36. The van der Waals surface area contributed by atoms with Crippen LogP contribution < -0.4 is 4.74 Å². The van der Waals surface area contributed by atoms with Gasteiger partial charge in [0.2, 0.25) is 0 Å². The molecule has 1 atom stereocenters. The van der Waals surface area contributed by atoms with Crippen LogP contribution in [0.5, 0.6) is 5.75 Å². The van der Waals surface area contributed by atoms with Gasteiger partial charge >= 0.3 is 0 Å². The van der Waals surface area contributed by atoms with E-state index in [-0.39, 0.29) is 17.3 Å². The molecule has 2 aliphatic rings. The molecule has 1 aromatic heterocycles. The number of fused-ring (bicyclic) bond motifs is 1. The molecule has 3 aromatic rings. The van der Waals surface area contributed by atoms with E-state index < -0.39 is 11.4 Å². The van der Waals surface area contributed by atoms with Gasteiger partial charge in [0, 0.05) is 18.1 Å². The molecule has 1 unspecified atom stereocenters. The Kier molecular flexibility index (Phi) is 5.59. The molecular formula is C24H22Cl2FN3O2. The minimum atomic E-state index is -0.661. The summed E-state index contributed by atoms with van der Waals surface area (Å²) in [7, 11) is 0. The highest BCUT2D eigenvalue weighted by Crippen LogP contribution is 2.35. The maximum atomic E-state index is 14.8. The molecule has 2 aromatic carbocycles. The summed E-state index contributed by atoms with van der Waals surface area (Å²) in [6.07, 6.45) is 4.40. The first kappa shape index (κ1) is 21.3. The number of aryl methyl sites for hydroxylation is 1. The maximum absolute atomic E-state index is 14.8. The lowest BCUT2D eigenvalue weighted by Crippen LogP contribution is -2.32. The highest BCUT2D eigenvalue weighted by Gasteiger charge is 2.36. The molecule has 0 bridgehead atoms. The fourth-order valence-electron chi connectivity index (χ4n) is 4.14. The third-order valence-electron chi connectivity index (χ3n) is 5.88. The molecule has 0 amide bonds. The Morgan fingerprint density at radius 2 is 1.94 bits per heavy atom. The van der Waals surface area contributed by atoms with Gasteiger partial charge in [0.25, 0.3) is 0 Å². The summed E-state index contributed by atoms with van der Waals surface area (Å²) in [5, 5.41) is 9.40. The minimum absolute atomic E-state index is 0.171. The van der Waals surface area contributed by atoms with Crippen LogP contribution in [0.1, 0.15) is 43.0 Å². The summed E-state index contributed by atoms with van der Waals surface area (Å²) in [6.45, 7) is 2.12. The highest BCUT2D eigenvalue weighted by molar-refractivity contribution is 6.32. The Labute approximate surface area is 195 Å². The van der Waals surface area contributed by atoms with E-state index in [2.05, 4.69) is 10.3 Å². The molecule has 5 rings (SSSR count). The van der Waals surface area contributed by atoms with Crippen LogP contribution in [0.25, 0.3) is 5.69 Å². The van der Waals surface area contributed by atoms with E-state index in [9.17, 15) is 4.39 Å². The molecule has 5 nitrogen and oxygen atoms in total. The van der Waals surface area contributed by atoms with Crippen molar-refractivity contribution in [2.45, 2.75) is 44.6 Å². The Morgan fingerprint density at radius 1 is 1.16 bits per heavy atom. The average Bonchev–Trinajstić information content (AvgIpc) is 3.35. The molecule has 32 heavy (non-hydrogen) atoms. The van der Waals surface area contributed by atoms with Crippen LogP contribution in [0.2, 0.25) is 10.2 Å². The zero-order valence-corrected chi connectivity index (χ0v) is 19.1. The fraction of sp³-hybridized carbons (Fsp3) is 0.333. The number of benzene rings is 2. The number of halogens is 3. The summed E-state index contributed by atoms with van der Waals surface area (Å²) < 4.78 is 22.2. The molecule has 0 N–H and O–H groups in total. The van der Waals surface area contributed by atoms with Gasteiger partial charge in [0.15, 0.2) is 11.4 Å². The Hall–Kier alpha value is -2.57. The summed E-state index contributed by atoms with van der Waals surface area (Å²) in [5.41, 5.74) is 3.34. The van der Waals surface area contributed by atoms with Crippen molar-refractivity contribution in [2.24, 2.45) is 5.16 Å². The van der Waals surface area contributed by atoms with Gasteiger partial charge in [-0.05, 0) is 44.2 Å². The molecule has 1 aliphatic carbocycles. The van der Waals surface area contributed by atoms with Gasteiger partial charge in [-0.3, -0.25) is 0 Å². The molecule has 1 aliphatic heterocycles. The smallest absolute Gasteiger partial charge is 0.174 e. The molecule has 8 heteroatoms. The first-order valence-corrected chi connectivity index (χ1v) is 11.4. The van der Waals surface area contributed by atoms with Crippen LogP contribution in [-0.2, 0) is 17.7 Å². The summed E-state index contributed by atoms with van der Waals surface area (Å²) in [4.78, 5) is 5.69. The maximum Gasteiger partial charge on any atom is 0.174 e. The SMILES string of the molecule is CC1(COc2cc(-n3nc4c(c3Cl)CCCC4)c(F)cc2Cl)CC(c2ccccc2)=NO1. The Morgan fingerprint density at radius 3 is 2.72 bits per heavy atom. The van der Waals surface area contributed by atoms with Crippen molar-refractivity contribution < 1.29 is 14.0 Å². The van der Waals surface area contributed by atoms with E-state index in [4.69, 9.17) is 32.8 Å². The van der Waals surface area contributed by atoms with Crippen molar-refractivity contribution in [3.8, 4) is 11.4 Å². The zero-order valence-electron chi connectivity index (χ0n) is 17.6. The molecule has 0 saturated carbocycles. The van der Waals surface area contributed by atoms with Crippen LogP contribution in [0.3, 0.4) is 0 Å². The van der Waals surface area contributed by atoms with Crippen molar-refractivity contribution >= 4 is 28.9 Å². The van der Waals surface area contributed by atoms with Gasteiger partial charge in [-0.1, -0.05) is 58.7 Å². The molecule has 0 radical (unpaired) electrons. The van der Waals surface area contributed by atoms with Crippen LogP contribution in [0.15, 0.2) is 47.6 Å². The van der Waals surface area contributed by atoms with Crippen LogP contribution in [-0.4, -0.2) is 27.7 Å². The van der Waals surface area contributed by atoms with E-state index >= 15 is 0 Å². The van der Waals surface area contributed by atoms with Gasteiger partial charge in [-0.15, -0.1) is 0 Å². The lowest BCUT2D eigenvalue weighted by Gasteiger charge is -2.22. The number of hydrogen-bond acceptors (Lipinski definition) is 4. The lowest BCUT2D eigenvalue weighted by atomic mass is 9.97. The number of hydrogen-bond donors (Lipinski definition) is 0. The highest BCUT2D eigenvalue weighted by atomic mass is 35.5. The van der Waals surface area contributed by atoms with Crippen molar-refractivity contribution in [1.29, 1.82) is 0 Å². The van der Waals surface area contributed by atoms with E-state index in [1.54, 1.807) is 6.07 Å². The molecule has 2 heterocycles. The number of nitrogens with zero attached hydrogens (tertiary/aromatic N) is 3. The molecule has 166 valence electrons. The summed E-state index contributed by atoms with van der Waals surface area (Å²) in [5.74, 6) is -0.173. The van der Waals surface area contributed by atoms with Gasteiger partial charge < -0.3 is 9.57 Å². The molecule has 0 fully saturated rings. The zero-order chi connectivity index (χ0) is 22.3.